The molecule has 9 heteroatoms. The Bertz CT molecular complexity index is 4500. The number of nitriles is 2. The van der Waals surface area contributed by atoms with Gasteiger partial charge in [-0.3, -0.25) is 5.41 Å². The molecular weight excluding hydrogens is 1090 g/mol. The van der Waals surface area contributed by atoms with E-state index in [0.717, 1.165) is 100 Å². The van der Waals surface area contributed by atoms with Crippen molar-refractivity contribution >= 4 is 85.3 Å². The summed E-state index contributed by atoms with van der Waals surface area (Å²) in [5.74, 6) is -0.809. The Morgan fingerprint density at radius 1 is 0.414 bits per heavy atom. The van der Waals surface area contributed by atoms with Gasteiger partial charge in [0, 0.05) is 44.6 Å². The molecule has 1 heterocycles. The van der Waals surface area contributed by atoms with Gasteiger partial charge in [-0.1, -0.05) is 206 Å². The van der Waals surface area contributed by atoms with Gasteiger partial charge in [-0.2, -0.15) is 10.5 Å². The largest absolute Gasteiger partial charge is 0.309 e. The van der Waals surface area contributed by atoms with Crippen LogP contribution in [0.15, 0.2) is 301 Å². The van der Waals surface area contributed by atoms with Gasteiger partial charge in [0.05, 0.1) is 33.6 Å². The number of aromatic nitrogens is 1. The summed E-state index contributed by atoms with van der Waals surface area (Å²) in [6.07, 6.45) is 3.89. The molecule has 0 radical (unpaired) electrons. The van der Waals surface area contributed by atoms with Crippen molar-refractivity contribution < 1.29 is 8.78 Å². The zero-order valence-corrected chi connectivity index (χ0v) is 47.5. The fourth-order valence-electron chi connectivity index (χ4n) is 11.7. The summed E-state index contributed by atoms with van der Waals surface area (Å²) >= 11 is 4.54. The van der Waals surface area contributed by atoms with E-state index in [1.807, 2.05) is 211 Å². The molecule has 0 amide bonds. The van der Waals surface area contributed by atoms with Gasteiger partial charge >= 0.3 is 0 Å². The lowest BCUT2D eigenvalue weighted by atomic mass is 9.89. The molecular formula is C78H50F2N6S. The smallest absolute Gasteiger partial charge is 0.123 e. The van der Waals surface area contributed by atoms with Crippen LogP contribution in [0.25, 0.3) is 77.6 Å². The average Bonchev–Trinajstić information content (AvgIpc) is 2.13. The second kappa shape index (κ2) is 24.0. The lowest BCUT2D eigenvalue weighted by Gasteiger charge is -2.31. The molecule has 87 heavy (non-hydrogen) atoms. The Balaban J connectivity index is 0.858. The maximum atomic E-state index is 14.6. The first-order valence-corrected chi connectivity index (χ1v) is 28.6. The van der Waals surface area contributed by atoms with Crippen molar-refractivity contribution in [3.8, 4) is 40.1 Å². The summed E-state index contributed by atoms with van der Waals surface area (Å²) in [6.45, 7) is 0. The van der Waals surface area contributed by atoms with Crippen molar-refractivity contribution in [3.63, 3.8) is 0 Å². The van der Waals surface area contributed by atoms with Crippen LogP contribution in [0.3, 0.4) is 0 Å². The number of nitrogens with one attached hydrogen (secondary N) is 1. The van der Waals surface area contributed by atoms with Crippen molar-refractivity contribution in [2.24, 2.45) is 4.40 Å². The molecule has 1 aromatic heterocycles. The monoisotopic (exact) mass is 1140 g/mol. The highest BCUT2D eigenvalue weighted by Crippen LogP contribution is 2.40. The maximum Gasteiger partial charge on any atom is 0.123 e. The summed E-state index contributed by atoms with van der Waals surface area (Å²) in [7, 11) is 0. The van der Waals surface area contributed by atoms with Crippen molar-refractivity contribution in [2.75, 3.05) is 4.90 Å². The molecule has 11 aromatic carbocycles. The highest BCUT2D eigenvalue weighted by molar-refractivity contribution is 7.79. The molecule has 0 saturated carbocycles. The Kier molecular flexibility index (Phi) is 15.1. The van der Waals surface area contributed by atoms with Crippen LogP contribution in [0.1, 0.15) is 38.9 Å². The highest BCUT2D eigenvalue weighted by atomic mass is 32.1. The number of hydrogen-bond donors (Lipinski definition) is 2. The third-order valence-electron chi connectivity index (χ3n) is 15.9. The molecule has 0 atom stereocenters. The van der Waals surface area contributed by atoms with Crippen molar-refractivity contribution in [3.05, 3.63) is 347 Å². The fourth-order valence-corrected chi connectivity index (χ4v) is 11.9. The molecule has 0 unspecified atom stereocenters. The lowest BCUT2D eigenvalue weighted by Crippen LogP contribution is -2.30. The van der Waals surface area contributed by atoms with Gasteiger partial charge in [0.2, 0.25) is 0 Å². The SMILES string of the molecule is N#CC(=C(c1ccccc1)c1ccccc1)c1ccc(-c2ccc(N(C3=CC=C(c4ccc(-n5c6ccc(F)cc6c6cc(F)ccc65)cc4)C(=N)/C3=N\S)c3ccc(-c4ccc(C(C#N)=C(c5ccccc5)c5ccccc5)cc4)cc3)cc2)cc1. The van der Waals surface area contributed by atoms with Crippen molar-refractivity contribution in [2.45, 2.75) is 0 Å². The minimum absolute atomic E-state index is 0.165. The topological polar surface area (TPSA) is 92.0 Å². The first-order chi connectivity index (χ1) is 42.8. The highest BCUT2D eigenvalue weighted by Gasteiger charge is 2.28. The lowest BCUT2D eigenvalue weighted by molar-refractivity contribution is 0.628. The van der Waals surface area contributed by atoms with Crippen molar-refractivity contribution in [1.82, 2.24) is 4.57 Å². The van der Waals surface area contributed by atoms with E-state index in [4.69, 9.17) is 0 Å². The Morgan fingerprint density at radius 2 is 0.770 bits per heavy atom. The Hall–Kier alpha value is -11.5. The number of allylic oxidation sites excluding steroid dienone is 6. The van der Waals surface area contributed by atoms with Crippen LogP contribution >= 0.6 is 12.8 Å². The van der Waals surface area contributed by atoms with Crippen LogP contribution in [0.5, 0.6) is 0 Å². The molecule has 1 N–H and O–H groups in total. The number of anilines is 2. The molecule has 6 nitrogen and oxygen atoms in total. The first kappa shape index (κ1) is 54.7. The molecule has 0 fully saturated rings. The number of halogens is 2. The van der Waals surface area contributed by atoms with E-state index in [2.05, 4.69) is 82.8 Å². The van der Waals surface area contributed by atoms with Crippen LogP contribution in [0.2, 0.25) is 0 Å². The summed E-state index contributed by atoms with van der Waals surface area (Å²) in [5.41, 5.74) is 18.6. The van der Waals surface area contributed by atoms with E-state index in [1.165, 1.54) is 24.3 Å². The third-order valence-corrected chi connectivity index (χ3v) is 16.1. The van der Waals surface area contributed by atoms with E-state index in [-0.39, 0.29) is 5.71 Å². The summed E-state index contributed by atoms with van der Waals surface area (Å²) in [4.78, 5) is 2.07. The summed E-state index contributed by atoms with van der Waals surface area (Å²) in [6, 6.07) is 94.6. The van der Waals surface area contributed by atoms with E-state index < -0.39 is 11.6 Å². The molecule has 0 saturated heterocycles. The van der Waals surface area contributed by atoms with Crippen molar-refractivity contribution in [1.29, 1.82) is 15.9 Å². The Labute approximate surface area is 508 Å². The fraction of sp³-hybridized carbons (Fsp3) is 0. The number of fused-ring (bicyclic) bond motifs is 3. The molecule has 1 aliphatic rings. The average molecular weight is 1140 g/mol. The number of nitrogens with zero attached hydrogens (tertiary/aromatic N) is 5. The van der Waals surface area contributed by atoms with Gasteiger partial charge in [-0.15, -0.1) is 0 Å². The van der Waals surface area contributed by atoms with Gasteiger partial charge in [0.1, 0.15) is 29.5 Å². The molecule has 412 valence electrons. The first-order valence-electron chi connectivity index (χ1n) is 28.2. The van der Waals surface area contributed by atoms with Crippen LogP contribution in [-0.2, 0) is 0 Å². The summed E-state index contributed by atoms with van der Waals surface area (Å²) < 4.78 is 35.6. The van der Waals surface area contributed by atoms with E-state index in [0.29, 0.717) is 38.9 Å². The second-order valence-corrected chi connectivity index (χ2v) is 21.1. The van der Waals surface area contributed by atoms with E-state index >= 15 is 0 Å². The minimum Gasteiger partial charge on any atom is -0.309 e. The zero-order chi connectivity index (χ0) is 59.4. The van der Waals surface area contributed by atoms with Gasteiger partial charge in [-0.25, -0.2) is 13.2 Å². The zero-order valence-electron chi connectivity index (χ0n) is 46.7. The molecule has 0 aliphatic heterocycles. The van der Waals surface area contributed by atoms with Crippen LogP contribution in [0, 0.1) is 39.7 Å². The summed E-state index contributed by atoms with van der Waals surface area (Å²) in [5, 5.41) is 32.4. The normalized spacial score (nSPS) is 12.5. The quantitative estimate of drug-likeness (QED) is 0.0521. The van der Waals surface area contributed by atoms with Gasteiger partial charge in [0.15, 0.2) is 0 Å². The third kappa shape index (κ3) is 10.7. The number of thiol groups is 1. The van der Waals surface area contributed by atoms with Crippen LogP contribution in [0.4, 0.5) is 20.2 Å². The second-order valence-electron chi connectivity index (χ2n) is 20.9. The molecule has 0 spiro atoms. The molecule has 13 rings (SSSR count). The maximum absolute atomic E-state index is 14.6. The molecule has 1 aliphatic carbocycles. The molecule has 0 bridgehead atoms. The van der Waals surface area contributed by atoms with Crippen LogP contribution in [-0.4, -0.2) is 16.0 Å². The standard InChI is InChI=1S/C78H50F2N6S/c79-62-35-44-72-68(47-62)69-48-63(80)36-45-73(69)86(72)66-41-33-55(34-42-66)67-43-46-74(78(84-87)77(67)83)85(64-37-29-53(30-38-64)51-21-25-56(26-22-51)70(49-81)75(58-13-5-1-6-14-58)59-15-7-2-8-16-59)65-39-31-54(32-40-65)52-23-27-57(28-24-52)71(50-82)76(60-17-9-3-10-18-60)61-19-11-4-12-20-61/h1-48,83,87H/b83-77?,84-78-. The minimum atomic E-state index is -0.404. The predicted octanol–water partition coefficient (Wildman–Crippen LogP) is 19.8. The van der Waals surface area contributed by atoms with Gasteiger partial charge in [0.25, 0.3) is 0 Å². The Morgan fingerprint density at radius 3 is 1.13 bits per heavy atom. The predicted molar refractivity (Wildman–Crippen MR) is 356 cm³/mol. The number of hydrogen-bond acceptors (Lipinski definition) is 6. The number of benzene rings is 11. The van der Waals surface area contributed by atoms with Crippen LogP contribution < -0.4 is 4.90 Å². The number of rotatable bonds is 13. The molecule has 12 aromatic rings. The van der Waals surface area contributed by atoms with E-state index in [1.54, 1.807) is 12.1 Å². The van der Waals surface area contributed by atoms with Gasteiger partial charge < -0.3 is 9.47 Å². The van der Waals surface area contributed by atoms with Gasteiger partial charge in [-0.05, 0) is 159 Å². The van der Waals surface area contributed by atoms with E-state index in [9.17, 15) is 24.7 Å².